The van der Waals surface area contributed by atoms with E-state index in [9.17, 15) is 4.79 Å². The average molecular weight is 386 g/mol. The van der Waals surface area contributed by atoms with Crippen molar-refractivity contribution in [2.75, 3.05) is 5.43 Å². The smallest absolute Gasteiger partial charge is 0.267 e. The molecule has 0 amide bonds. The Hall–Kier alpha value is -3.38. The second-order valence-electron chi connectivity index (χ2n) is 6.07. The molecule has 1 N–H and O–H groups in total. The number of hydrazone groups is 1. The molecule has 0 aliphatic heterocycles. The fourth-order valence-corrected chi connectivity index (χ4v) is 3.66. The van der Waals surface area contributed by atoms with E-state index in [1.165, 1.54) is 21.7 Å². The highest BCUT2D eigenvalue weighted by molar-refractivity contribution is 7.98. The van der Waals surface area contributed by atoms with E-state index in [-0.39, 0.29) is 5.56 Å². The first kappa shape index (κ1) is 18.0. The van der Waals surface area contributed by atoms with Gasteiger partial charge in [-0.15, -0.1) is 11.8 Å². The quantitative estimate of drug-likeness (QED) is 0.230. The molecule has 4 rings (SSSR count). The van der Waals surface area contributed by atoms with Crippen molar-refractivity contribution >= 4 is 29.3 Å². The van der Waals surface area contributed by atoms with Crippen molar-refractivity contribution < 1.29 is 0 Å². The first-order valence-electron chi connectivity index (χ1n) is 8.83. The number of nitrogens with zero attached hydrogens (tertiary/aromatic N) is 3. The lowest BCUT2D eigenvalue weighted by Gasteiger charge is -2.08. The summed E-state index contributed by atoms with van der Waals surface area (Å²) in [7, 11) is 0. The van der Waals surface area contributed by atoms with Gasteiger partial charge in [-0.25, -0.2) is 4.98 Å². The van der Waals surface area contributed by atoms with Crippen LogP contribution in [0.25, 0.3) is 5.65 Å². The molecule has 0 radical (unpaired) electrons. The van der Waals surface area contributed by atoms with Gasteiger partial charge in [-0.05, 0) is 29.8 Å². The monoisotopic (exact) mass is 386 g/mol. The third kappa shape index (κ3) is 4.13. The SMILES string of the molecule is O=c1c(C=NNc2ccccc2)c(SCc2ccccc2)nc2ccccn12. The number of thioether (sulfide) groups is 1. The number of anilines is 1. The van der Waals surface area contributed by atoms with E-state index in [2.05, 4.69) is 27.6 Å². The molecule has 6 heteroatoms. The van der Waals surface area contributed by atoms with Gasteiger partial charge in [-0.1, -0.05) is 54.6 Å². The maximum atomic E-state index is 13.0. The molecule has 2 aromatic carbocycles. The van der Waals surface area contributed by atoms with Gasteiger partial charge in [0, 0.05) is 11.9 Å². The van der Waals surface area contributed by atoms with Crippen LogP contribution in [0.1, 0.15) is 11.1 Å². The van der Waals surface area contributed by atoms with Crippen molar-refractivity contribution in [3.63, 3.8) is 0 Å². The lowest BCUT2D eigenvalue weighted by Crippen LogP contribution is -2.21. The summed E-state index contributed by atoms with van der Waals surface area (Å²) in [6, 6.07) is 25.2. The molecule has 4 aromatic rings. The fourth-order valence-electron chi connectivity index (χ4n) is 2.71. The minimum absolute atomic E-state index is 0.139. The maximum absolute atomic E-state index is 13.0. The summed E-state index contributed by atoms with van der Waals surface area (Å²) in [5.41, 5.74) is 5.93. The standard InChI is InChI=1S/C22H18N4OS/c27-22-19(15-23-25-18-11-5-2-6-12-18)21(24-20-13-7-8-14-26(20)22)28-16-17-9-3-1-4-10-17/h1-15,25H,16H2. The molecule has 0 spiro atoms. The topological polar surface area (TPSA) is 58.8 Å². The van der Waals surface area contributed by atoms with Gasteiger partial charge >= 0.3 is 0 Å². The zero-order valence-electron chi connectivity index (χ0n) is 15.0. The number of fused-ring (bicyclic) bond motifs is 1. The predicted molar refractivity (Wildman–Crippen MR) is 115 cm³/mol. The van der Waals surface area contributed by atoms with Gasteiger partial charge < -0.3 is 0 Å². The summed E-state index contributed by atoms with van der Waals surface area (Å²) in [4.78, 5) is 17.7. The van der Waals surface area contributed by atoms with Crippen molar-refractivity contribution in [2.24, 2.45) is 5.10 Å². The van der Waals surface area contributed by atoms with Crippen LogP contribution in [0.2, 0.25) is 0 Å². The summed E-state index contributed by atoms with van der Waals surface area (Å²) >= 11 is 1.53. The predicted octanol–water partition coefficient (Wildman–Crippen LogP) is 4.43. The molecule has 28 heavy (non-hydrogen) atoms. The number of rotatable bonds is 6. The number of nitrogens with one attached hydrogen (secondary N) is 1. The first-order valence-corrected chi connectivity index (χ1v) is 9.82. The van der Waals surface area contributed by atoms with Crippen LogP contribution in [-0.4, -0.2) is 15.6 Å². The molecule has 138 valence electrons. The third-order valence-corrected chi connectivity index (χ3v) is 5.18. The van der Waals surface area contributed by atoms with Crippen molar-refractivity contribution in [2.45, 2.75) is 10.8 Å². The van der Waals surface area contributed by atoms with Crippen molar-refractivity contribution in [3.05, 3.63) is 107 Å². The molecular weight excluding hydrogens is 368 g/mol. The number of benzene rings is 2. The Kier molecular flexibility index (Phi) is 5.49. The van der Waals surface area contributed by atoms with Crippen LogP contribution in [0.15, 0.2) is 100.0 Å². The molecule has 0 saturated carbocycles. The van der Waals surface area contributed by atoms with E-state index in [0.29, 0.717) is 16.2 Å². The second kappa shape index (κ2) is 8.54. The molecule has 0 bridgehead atoms. The molecule has 2 heterocycles. The zero-order chi connectivity index (χ0) is 19.2. The van der Waals surface area contributed by atoms with Gasteiger partial charge in [0.15, 0.2) is 0 Å². The Morgan fingerprint density at radius 3 is 2.46 bits per heavy atom. The van der Waals surface area contributed by atoms with Crippen LogP contribution < -0.4 is 11.0 Å². The van der Waals surface area contributed by atoms with E-state index in [0.717, 1.165) is 11.4 Å². The molecule has 0 atom stereocenters. The normalized spacial score (nSPS) is 11.1. The van der Waals surface area contributed by atoms with Crippen LogP contribution in [0.3, 0.4) is 0 Å². The highest BCUT2D eigenvalue weighted by atomic mass is 32.2. The Morgan fingerprint density at radius 1 is 0.964 bits per heavy atom. The number of aromatic nitrogens is 2. The van der Waals surface area contributed by atoms with E-state index < -0.39 is 0 Å². The molecule has 5 nitrogen and oxygen atoms in total. The molecule has 0 aliphatic carbocycles. The van der Waals surface area contributed by atoms with Crippen LogP contribution in [0, 0.1) is 0 Å². The van der Waals surface area contributed by atoms with Crippen LogP contribution in [0.5, 0.6) is 0 Å². The Morgan fingerprint density at radius 2 is 1.68 bits per heavy atom. The number of para-hydroxylation sites is 1. The second-order valence-corrected chi connectivity index (χ2v) is 7.04. The van der Waals surface area contributed by atoms with Gasteiger partial charge in [0.1, 0.15) is 10.7 Å². The highest BCUT2D eigenvalue weighted by Gasteiger charge is 2.12. The fraction of sp³-hybridized carbons (Fsp3) is 0.0455. The molecule has 0 fully saturated rings. The Labute approximate surface area is 166 Å². The summed E-state index contributed by atoms with van der Waals surface area (Å²) in [5, 5.41) is 4.92. The van der Waals surface area contributed by atoms with Gasteiger partial charge in [0.25, 0.3) is 5.56 Å². The largest absolute Gasteiger partial charge is 0.279 e. The molecule has 0 saturated heterocycles. The van der Waals surface area contributed by atoms with E-state index in [1.54, 1.807) is 12.4 Å². The van der Waals surface area contributed by atoms with E-state index >= 15 is 0 Å². The highest BCUT2D eigenvalue weighted by Crippen LogP contribution is 2.23. The molecule has 0 unspecified atom stereocenters. The Balaban J connectivity index is 1.67. The number of pyridine rings is 1. The van der Waals surface area contributed by atoms with Gasteiger partial charge in [-0.3, -0.25) is 14.6 Å². The molecule has 0 aliphatic rings. The van der Waals surface area contributed by atoms with Gasteiger partial charge in [0.2, 0.25) is 0 Å². The minimum atomic E-state index is -0.139. The zero-order valence-corrected chi connectivity index (χ0v) is 15.8. The van der Waals surface area contributed by atoms with Crippen molar-refractivity contribution in [3.8, 4) is 0 Å². The van der Waals surface area contributed by atoms with E-state index in [4.69, 9.17) is 0 Å². The van der Waals surface area contributed by atoms with Crippen LogP contribution >= 0.6 is 11.8 Å². The van der Waals surface area contributed by atoms with Crippen LogP contribution in [-0.2, 0) is 5.75 Å². The van der Waals surface area contributed by atoms with Crippen LogP contribution in [0.4, 0.5) is 5.69 Å². The first-order chi connectivity index (χ1) is 13.8. The number of hydrogen-bond acceptors (Lipinski definition) is 5. The maximum Gasteiger partial charge on any atom is 0.267 e. The average Bonchev–Trinajstić information content (AvgIpc) is 2.75. The lowest BCUT2D eigenvalue weighted by molar-refractivity contribution is 0.976. The van der Waals surface area contributed by atoms with E-state index in [1.807, 2.05) is 66.7 Å². The number of hydrogen-bond donors (Lipinski definition) is 1. The van der Waals surface area contributed by atoms with Crippen molar-refractivity contribution in [1.82, 2.24) is 9.38 Å². The van der Waals surface area contributed by atoms with Gasteiger partial charge in [0.05, 0.1) is 17.5 Å². The summed E-state index contributed by atoms with van der Waals surface area (Å²) in [6.07, 6.45) is 3.27. The Bertz CT molecular complexity index is 1160. The third-order valence-electron chi connectivity index (χ3n) is 4.11. The van der Waals surface area contributed by atoms with Crippen molar-refractivity contribution in [1.29, 1.82) is 0 Å². The lowest BCUT2D eigenvalue weighted by atomic mass is 10.2. The summed E-state index contributed by atoms with van der Waals surface area (Å²) < 4.78 is 1.54. The minimum Gasteiger partial charge on any atom is -0.279 e. The summed E-state index contributed by atoms with van der Waals surface area (Å²) in [5.74, 6) is 0.725. The molecular formula is C22H18N4OS. The van der Waals surface area contributed by atoms with Gasteiger partial charge in [-0.2, -0.15) is 5.10 Å². The summed E-state index contributed by atoms with van der Waals surface area (Å²) in [6.45, 7) is 0. The molecule has 2 aromatic heterocycles.